The average Bonchev–Trinajstić information content (AvgIpc) is 2.93. The molecule has 0 aliphatic heterocycles. The molecule has 38 heavy (non-hydrogen) atoms. The maximum absolute atomic E-state index is 14.0. The lowest BCUT2D eigenvalue weighted by Gasteiger charge is -2.33. The number of para-hydroxylation sites is 2. The van der Waals surface area contributed by atoms with E-state index in [2.05, 4.69) is 5.32 Å². The van der Waals surface area contributed by atoms with Crippen molar-refractivity contribution in [3.05, 3.63) is 90.0 Å². The molecule has 1 N–H and O–H groups in total. The summed E-state index contributed by atoms with van der Waals surface area (Å²) in [6.07, 6.45) is 0.359. The monoisotopic (exact) mass is 537 g/mol. The second-order valence-electron chi connectivity index (χ2n) is 8.71. The molecule has 0 saturated heterocycles. The highest BCUT2D eigenvalue weighted by Crippen LogP contribution is 2.33. The molecule has 202 valence electrons. The molecule has 0 aliphatic rings. The molecule has 0 fully saturated rings. The Bertz CT molecular complexity index is 1350. The fraction of sp³-hybridized carbons (Fsp3) is 0.310. The number of hydrogen-bond acceptors (Lipinski definition) is 5. The SMILES string of the molecule is CCOc1ccccc1N(CC(=O)N(Cc1ccccc1C)C(CC)C(=O)NC)S(=O)(=O)c1ccccc1. The van der Waals surface area contributed by atoms with E-state index in [9.17, 15) is 18.0 Å². The topological polar surface area (TPSA) is 96.0 Å². The first-order chi connectivity index (χ1) is 18.2. The first-order valence-electron chi connectivity index (χ1n) is 12.6. The van der Waals surface area contributed by atoms with Gasteiger partial charge in [-0.1, -0.05) is 61.5 Å². The molecule has 0 heterocycles. The summed E-state index contributed by atoms with van der Waals surface area (Å²) in [7, 11) is -2.64. The minimum Gasteiger partial charge on any atom is -0.492 e. The van der Waals surface area contributed by atoms with Crippen molar-refractivity contribution in [3.8, 4) is 5.75 Å². The molecule has 9 heteroatoms. The highest BCUT2D eigenvalue weighted by molar-refractivity contribution is 7.92. The van der Waals surface area contributed by atoms with Gasteiger partial charge >= 0.3 is 0 Å². The number of likely N-dealkylation sites (N-methyl/N-ethyl adjacent to an activating group) is 1. The Kier molecular flexibility index (Phi) is 9.90. The molecule has 0 aliphatic carbocycles. The van der Waals surface area contributed by atoms with Crippen molar-refractivity contribution in [2.24, 2.45) is 0 Å². The molecule has 0 bridgehead atoms. The third kappa shape index (κ3) is 6.52. The van der Waals surface area contributed by atoms with Crippen LogP contribution in [0.2, 0.25) is 0 Å². The lowest BCUT2D eigenvalue weighted by molar-refractivity contribution is -0.140. The summed E-state index contributed by atoms with van der Waals surface area (Å²) < 4.78 is 34.6. The van der Waals surface area contributed by atoms with Crippen LogP contribution < -0.4 is 14.4 Å². The summed E-state index contributed by atoms with van der Waals surface area (Å²) in [5.41, 5.74) is 2.08. The molecular formula is C29H35N3O5S. The lowest BCUT2D eigenvalue weighted by atomic mass is 10.1. The fourth-order valence-corrected chi connectivity index (χ4v) is 5.68. The first-order valence-corrected chi connectivity index (χ1v) is 14.0. The standard InChI is InChI=1S/C29H35N3O5S/c1-5-25(29(34)30-4)31(20-23-15-11-10-14-22(23)3)28(33)21-32(26-18-12-13-19-27(26)37-6-2)38(35,36)24-16-8-7-9-17-24/h7-19,25H,5-6,20-21H2,1-4H3,(H,30,34). The number of hydrogen-bond donors (Lipinski definition) is 1. The van der Waals surface area contributed by atoms with Crippen LogP contribution in [0.5, 0.6) is 5.75 Å². The zero-order chi connectivity index (χ0) is 27.7. The molecule has 1 unspecified atom stereocenters. The van der Waals surface area contributed by atoms with Gasteiger partial charge in [0, 0.05) is 13.6 Å². The van der Waals surface area contributed by atoms with Crippen LogP contribution in [0.25, 0.3) is 0 Å². The zero-order valence-electron chi connectivity index (χ0n) is 22.3. The third-order valence-electron chi connectivity index (χ3n) is 6.28. The van der Waals surface area contributed by atoms with Crippen molar-refractivity contribution in [1.29, 1.82) is 0 Å². The number of nitrogens with zero attached hydrogens (tertiary/aromatic N) is 2. The molecule has 0 radical (unpaired) electrons. The minimum absolute atomic E-state index is 0.0444. The largest absolute Gasteiger partial charge is 0.492 e. The van der Waals surface area contributed by atoms with Crippen LogP contribution in [0.3, 0.4) is 0 Å². The highest BCUT2D eigenvalue weighted by Gasteiger charge is 2.34. The Balaban J connectivity index is 2.11. The Morgan fingerprint density at radius 2 is 1.55 bits per heavy atom. The summed E-state index contributed by atoms with van der Waals surface area (Å²) in [5, 5.41) is 2.63. The lowest BCUT2D eigenvalue weighted by Crippen LogP contribution is -2.51. The normalized spacial score (nSPS) is 11.9. The van der Waals surface area contributed by atoms with Crippen LogP contribution in [0.4, 0.5) is 5.69 Å². The molecular weight excluding hydrogens is 502 g/mol. The quantitative estimate of drug-likeness (QED) is 0.375. The van der Waals surface area contributed by atoms with Crippen LogP contribution in [0.15, 0.2) is 83.8 Å². The molecule has 3 aromatic rings. The van der Waals surface area contributed by atoms with Crippen LogP contribution in [-0.2, 0) is 26.2 Å². The molecule has 8 nitrogen and oxygen atoms in total. The number of nitrogens with one attached hydrogen (secondary N) is 1. The van der Waals surface area contributed by atoms with Crippen LogP contribution >= 0.6 is 0 Å². The van der Waals surface area contributed by atoms with Gasteiger partial charge in [0.25, 0.3) is 10.0 Å². The predicted octanol–water partition coefficient (Wildman–Crippen LogP) is 4.14. The number of anilines is 1. The second-order valence-corrected chi connectivity index (χ2v) is 10.6. The summed E-state index contributed by atoms with van der Waals surface area (Å²) >= 11 is 0. The van der Waals surface area contributed by atoms with Crippen molar-refractivity contribution in [2.75, 3.05) is 24.5 Å². The summed E-state index contributed by atoms with van der Waals surface area (Å²) in [6.45, 7) is 5.52. The number of aryl methyl sites for hydroxylation is 1. The number of rotatable bonds is 12. The molecule has 0 saturated carbocycles. The van der Waals surface area contributed by atoms with Crippen LogP contribution in [-0.4, -0.2) is 51.4 Å². The van der Waals surface area contributed by atoms with Gasteiger partial charge in [0.15, 0.2) is 0 Å². The Morgan fingerprint density at radius 1 is 0.921 bits per heavy atom. The van der Waals surface area contributed by atoms with Gasteiger partial charge < -0.3 is 15.0 Å². The first kappa shape index (κ1) is 28.7. The van der Waals surface area contributed by atoms with E-state index in [0.29, 0.717) is 18.8 Å². The number of sulfonamides is 1. The Morgan fingerprint density at radius 3 is 2.18 bits per heavy atom. The van der Waals surface area contributed by atoms with E-state index in [0.717, 1.165) is 15.4 Å². The minimum atomic E-state index is -4.16. The predicted molar refractivity (Wildman–Crippen MR) is 148 cm³/mol. The Labute approximate surface area is 225 Å². The van der Waals surface area contributed by atoms with Crippen LogP contribution in [0.1, 0.15) is 31.4 Å². The third-order valence-corrected chi connectivity index (χ3v) is 8.05. The second kappa shape index (κ2) is 13.1. The number of carbonyl (C=O) groups is 2. The van der Waals surface area contributed by atoms with Crippen molar-refractivity contribution >= 4 is 27.5 Å². The van der Waals surface area contributed by atoms with Crippen molar-refractivity contribution in [2.45, 2.75) is 44.7 Å². The van der Waals surface area contributed by atoms with Crippen molar-refractivity contribution < 1.29 is 22.7 Å². The number of amides is 2. The van der Waals surface area contributed by atoms with Gasteiger partial charge in [-0.3, -0.25) is 13.9 Å². The summed E-state index contributed by atoms with van der Waals surface area (Å²) in [5.74, 6) is -0.484. The molecule has 0 spiro atoms. The van der Waals surface area contributed by atoms with Gasteiger partial charge in [-0.2, -0.15) is 0 Å². The van der Waals surface area contributed by atoms with Gasteiger partial charge in [0.1, 0.15) is 18.3 Å². The van der Waals surface area contributed by atoms with Gasteiger partial charge in [-0.15, -0.1) is 0 Å². The van der Waals surface area contributed by atoms with Gasteiger partial charge in [-0.25, -0.2) is 8.42 Å². The van der Waals surface area contributed by atoms with Crippen molar-refractivity contribution in [1.82, 2.24) is 10.2 Å². The number of carbonyl (C=O) groups excluding carboxylic acids is 2. The van der Waals surface area contributed by atoms with E-state index in [1.54, 1.807) is 49.4 Å². The van der Waals surface area contributed by atoms with E-state index in [1.807, 2.05) is 38.1 Å². The van der Waals surface area contributed by atoms with Gasteiger partial charge in [-0.05, 0) is 55.7 Å². The molecule has 1 atom stereocenters. The molecule has 2 amide bonds. The summed E-state index contributed by atoms with van der Waals surface area (Å²) in [6, 6.07) is 21.5. The Hall–Kier alpha value is -3.85. The smallest absolute Gasteiger partial charge is 0.264 e. The van der Waals surface area contributed by atoms with E-state index >= 15 is 0 Å². The molecule has 3 rings (SSSR count). The van der Waals surface area contributed by atoms with E-state index in [4.69, 9.17) is 4.74 Å². The van der Waals surface area contributed by atoms with E-state index in [1.165, 1.54) is 24.1 Å². The number of benzene rings is 3. The van der Waals surface area contributed by atoms with Crippen LogP contribution in [0, 0.1) is 6.92 Å². The number of ether oxygens (including phenoxy) is 1. The maximum Gasteiger partial charge on any atom is 0.264 e. The summed E-state index contributed by atoms with van der Waals surface area (Å²) in [4.78, 5) is 28.3. The maximum atomic E-state index is 14.0. The highest BCUT2D eigenvalue weighted by atomic mass is 32.2. The van der Waals surface area contributed by atoms with E-state index < -0.39 is 28.5 Å². The molecule has 0 aromatic heterocycles. The zero-order valence-corrected chi connectivity index (χ0v) is 23.1. The average molecular weight is 538 g/mol. The fourth-order valence-electron chi connectivity index (χ4n) is 4.23. The van der Waals surface area contributed by atoms with Gasteiger partial charge in [0.2, 0.25) is 11.8 Å². The molecule has 3 aromatic carbocycles. The van der Waals surface area contributed by atoms with Crippen molar-refractivity contribution in [3.63, 3.8) is 0 Å². The van der Waals surface area contributed by atoms with Gasteiger partial charge in [0.05, 0.1) is 17.2 Å². The van der Waals surface area contributed by atoms with E-state index in [-0.39, 0.29) is 23.0 Å².